The number of thiazole rings is 1. The maximum atomic E-state index is 13.0. The number of amides is 1. The number of fused-ring (bicyclic) bond motifs is 1. The second-order valence-corrected chi connectivity index (χ2v) is 9.07. The molecule has 1 aliphatic heterocycles. The first kappa shape index (κ1) is 17.4. The number of hydrogen-bond donors (Lipinski definition) is 1. The summed E-state index contributed by atoms with van der Waals surface area (Å²) in [6, 6.07) is 14.8. The summed E-state index contributed by atoms with van der Waals surface area (Å²) in [6.07, 6.45) is 5.52. The molecule has 5 nitrogen and oxygen atoms in total. The Morgan fingerprint density at radius 3 is 2.68 bits per heavy atom. The quantitative estimate of drug-likeness (QED) is 0.714. The van der Waals surface area contributed by atoms with Crippen LogP contribution in [0.1, 0.15) is 32.3 Å². The number of pyridine rings is 1. The topological polar surface area (TPSA) is 58.1 Å². The molecule has 1 N–H and O–H groups in total. The lowest BCUT2D eigenvalue weighted by Crippen LogP contribution is -2.53. The molecule has 1 fully saturated rings. The highest BCUT2D eigenvalue weighted by atomic mass is 32.1. The fraction of sp³-hybridized carbons (Fsp3) is 0.318. The van der Waals surface area contributed by atoms with Crippen molar-refractivity contribution in [3.05, 3.63) is 60.4 Å². The van der Waals surface area contributed by atoms with Crippen LogP contribution in [0.15, 0.2) is 54.9 Å². The molecule has 6 heteroatoms. The Hall–Kier alpha value is -2.73. The highest BCUT2D eigenvalue weighted by Crippen LogP contribution is 2.44. The van der Waals surface area contributed by atoms with Crippen molar-refractivity contribution < 1.29 is 4.79 Å². The van der Waals surface area contributed by atoms with Crippen molar-refractivity contribution in [3.8, 4) is 10.4 Å². The van der Waals surface area contributed by atoms with Gasteiger partial charge < -0.3 is 5.32 Å². The number of aromatic nitrogens is 2. The molecule has 1 aliphatic carbocycles. The van der Waals surface area contributed by atoms with Crippen LogP contribution in [0.3, 0.4) is 0 Å². The van der Waals surface area contributed by atoms with Crippen molar-refractivity contribution >= 4 is 28.2 Å². The van der Waals surface area contributed by atoms with E-state index in [2.05, 4.69) is 27.4 Å². The summed E-state index contributed by atoms with van der Waals surface area (Å²) in [4.78, 5) is 25.1. The van der Waals surface area contributed by atoms with Gasteiger partial charge in [-0.25, -0.2) is 9.97 Å². The maximum Gasteiger partial charge on any atom is 0.238 e. The van der Waals surface area contributed by atoms with E-state index in [9.17, 15) is 4.79 Å². The van der Waals surface area contributed by atoms with E-state index in [0.29, 0.717) is 6.04 Å². The maximum absolute atomic E-state index is 13.0. The van der Waals surface area contributed by atoms with Gasteiger partial charge in [0.2, 0.25) is 5.91 Å². The number of carbonyl (C=O) groups excluding carboxylic acids is 1. The van der Waals surface area contributed by atoms with Crippen LogP contribution in [0.4, 0.5) is 10.9 Å². The van der Waals surface area contributed by atoms with Crippen molar-refractivity contribution in [2.24, 2.45) is 0 Å². The molecule has 0 unspecified atom stereocenters. The van der Waals surface area contributed by atoms with Crippen LogP contribution in [-0.2, 0) is 10.2 Å². The molecule has 28 heavy (non-hydrogen) atoms. The number of rotatable bonds is 4. The third kappa shape index (κ3) is 2.71. The summed E-state index contributed by atoms with van der Waals surface area (Å²) in [5.41, 5.74) is 1.72. The zero-order chi connectivity index (χ0) is 19.3. The molecule has 142 valence electrons. The van der Waals surface area contributed by atoms with Gasteiger partial charge in [-0.2, -0.15) is 0 Å². The average Bonchev–Trinajstić information content (AvgIpc) is 3.22. The molecule has 0 radical (unpaired) electrons. The molecule has 3 heterocycles. The van der Waals surface area contributed by atoms with Crippen LogP contribution in [0, 0.1) is 0 Å². The molecule has 0 atom stereocenters. The number of nitrogens with one attached hydrogen (secondary N) is 1. The van der Waals surface area contributed by atoms with Crippen molar-refractivity contribution in [2.45, 2.75) is 44.2 Å². The smallest absolute Gasteiger partial charge is 0.238 e. The normalized spacial score (nSPS) is 22.6. The molecule has 5 rings (SSSR count). The minimum absolute atomic E-state index is 0.158. The Balaban J connectivity index is 1.26. The molecule has 1 amide bonds. The molecular weight excluding hydrogens is 368 g/mol. The number of nitrogens with zero attached hydrogens (tertiary/aromatic N) is 3. The fourth-order valence-electron chi connectivity index (χ4n) is 4.10. The predicted molar refractivity (Wildman–Crippen MR) is 113 cm³/mol. The van der Waals surface area contributed by atoms with Gasteiger partial charge in [-0.3, -0.25) is 9.69 Å². The van der Waals surface area contributed by atoms with Gasteiger partial charge >= 0.3 is 0 Å². The number of carbonyl (C=O) groups is 1. The Bertz CT molecular complexity index is 1020. The second-order valence-electron chi connectivity index (χ2n) is 8.04. The van der Waals surface area contributed by atoms with E-state index < -0.39 is 5.41 Å². The van der Waals surface area contributed by atoms with Crippen molar-refractivity contribution in [1.82, 2.24) is 9.97 Å². The van der Waals surface area contributed by atoms with Gasteiger partial charge in [0.05, 0.1) is 10.3 Å². The van der Waals surface area contributed by atoms with E-state index in [1.807, 2.05) is 55.3 Å². The van der Waals surface area contributed by atoms with Crippen LogP contribution >= 0.6 is 11.3 Å². The van der Waals surface area contributed by atoms with Gasteiger partial charge in [-0.05, 0) is 38.3 Å². The second kappa shape index (κ2) is 6.41. The summed E-state index contributed by atoms with van der Waals surface area (Å²) in [5, 5.41) is 4.47. The summed E-state index contributed by atoms with van der Waals surface area (Å²) in [7, 11) is 0. The Labute approximate surface area is 168 Å². The van der Waals surface area contributed by atoms with E-state index >= 15 is 0 Å². The monoisotopic (exact) mass is 390 g/mol. The van der Waals surface area contributed by atoms with Gasteiger partial charge in [0.1, 0.15) is 5.82 Å². The van der Waals surface area contributed by atoms with Crippen LogP contribution < -0.4 is 10.2 Å². The molecule has 1 aromatic carbocycles. The Morgan fingerprint density at radius 1 is 1.11 bits per heavy atom. The van der Waals surface area contributed by atoms with Crippen LogP contribution in [0.2, 0.25) is 0 Å². The molecule has 2 aliphatic rings. The van der Waals surface area contributed by atoms with Crippen LogP contribution in [0.25, 0.3) is 10.4 Å². The number of anilines is 2. The SMILES string of the molecule is CC1(C)C(=O)N([C@H]2C[C@H](Nc3ncc(-c4ccccc4)s3)C2)c2ncccc21. The average molecular weight is 391 g/mol. The lowest BCUT2D eigenvalue weighted by atomic mass is 9.84. The van der Waals surface area contributed by atoms with Gasteiger partial charge in [-0.15, -0.1) is 0 Å². The van der Waals surface area contributed by atoms with E-state index in [-0.39, 0.29) is 11.9 Å². The van der Waals surface area contributed by atoms with E-state index in [1.54, 1.807) is 17.5 Å². The third-order valence-electron chi connectivity index (χ3n) is 5.81. The lowest BCUT2D eigenvalue weighted by molar-refractivity contribution is -0.122. The highest BCUT2D eigenvalue weighted by Gasteiger charge is 2.50. The van der Waals surface area contributed by atoms with Gasteiger partial charge in [0, 0.05) is 30.0 Å². The molecule has 1 saturated carbocycles. The van der Waals surface area contributed by atoms with Crippen molar-refractivity contribution in [3.63, 3.8) is 0 Å². The molecular formula is C22H22N4OS. The van der Waals surface area contributed by atoms with Gasteiger partial charge in [-0.1, -0.05) is 47.7 Å². The molecule has 0 bridgehead atoms. The van der Waals surface area contributed by atoms with E-state index in [4.69, 9.17) is 0 Å². The fourth-order valence-corrected chi connectivity index (χ4v) is 4.99. The Morgan fingerprint density at radius 2 is 1.89 bits per heavy atom. The molecule has 0 saturated heterocycles. The highest BCUT2D eigenvalue weighted by molar-refractivity contribution is 7.18. The number of hydrogen-bond acceptors (Lipinski definition) is 5. The van der Waals surface area contributed by atoms with Gasteiger partial charge in [0.15, 0.2) is 5.13 Å². The van der Waals surface area contributed by atoms with Crippen LogP contribution in [-0.4, -0.2) is 28.0 Å². The lowest BCUT2D eigenvalue weighted by Gasteiger charge is -2.41. The first-order chi connectivity index (χ1) is 13.5. The minimum Gasteiger partial charge on any atom is -0.359 e. The summed E-state index contributed by atoms with van der Waals surface area (Å²) >= 11 is 1.67. The molecule has 2 aromatic heterocycles. The van der Waals surface area contributed by atoms with Crippen molar-refractivity contribution in [2.75, 3.05) is 10.2 Å². The van der Waals surface area contributed by atoms with Gasteiger partial charge in [0.25, 0.3) is 0 Å². The zero-order valence-corrected chi connectivity index (χ0v) is 16.7. The summed E-state index contributed by atoms with van der Waals surface area (Å²) in [5.74, 6) is 0.992. The third-order valence-corrected chi connectivity index (χ3v) is 6.79. The number of benzene rings is 1. The van der Waals surface area contributed by atoms with E-state index in [1.165, 1.54) is 5.56 Å². The standard InChI is InChI=1S/C22H22N4OS/c1-22(2)17-9-6-10-23-19(17)26(20(22)27)16-11-15(12-16)25-21-24-13-18(28-21)14-7-4-3-5-8-14/h3-10,13,15-16H,11-12H2,1-2H3,(H,24,25)/t15-,16-. The molecule has 3 aromatic rings. The molecule has 0 spiro atoms. The van der Waals surface area contributed by atoms with Crippen molar-refractivity contribution in [1.29, 1.82) is 0 Å². The van der Waals surface area contributed by atoms with Crippen LogP contribution in [0.5, 0.6) is 0 Å². The first-order valence-corrected chi connectivity index (χ1v) is 10.4. The summed E-state index contributed by atoms with van der Waals surface area (Å²) in [6.45, 7) is 3.98. The Kier molecular flexibility index (Phi) is 3.98. The largest absolute Gasteiger partial charge is 0.359 e. The zero-order valence-electron chi connectivity index (χ0n) is 15.9. The predicted octanol–water partition coefficient (Wildman–Crippen LogP) is 4.47. The summed E-state index contributed by atoms with van der Waals surface area (Å²) < 4.78 is 0. The van der Waals surface area contributed by atoms with E-state index in [0.717, 1.165) is 34.2 Å². The first-order valence-electron chi connectivity index (χ1n) is 9.61. The minimum atomic E-state index is -0.498.